The Morgan fingerprint density at radius 2 is 1.83 bits per heavy atom. The molecule has 1 rings (SSSR count). The van der Waals surface area contributed by atoms with Gasteiger partial charge < -0.3 is 9.47 Å². The summed E-state index contributed by atoms with van der Waals surface area (Å²) >= 11 is 0. The Morgan fingerprint density at radius 1 is 1.22 bits per heavy atom. The second kappa shape index (κ2) is 6.54. The van der Waals surface area contributed by atoms with E-state index in [4.69, 9.17) is 9.47 Å². The average Bonchev–Trinajstić information content (AvgIpc) is 2.24. The van der Waals surface area contributed by atoms with Crippen molar-refractivity contribution in [3.63, 3.8) is 0 Å². The first-order chi connectivity index (χ1) is 8.47. The Hall–Kier alpha value is -2.17. The molecule has 0 spiro atoms. The van der Waals surface area contributed by atoms with Gasteiger partial charge in [0, 0.05) is 13.8 Å². The summed E-state index contributed by atoms with van der Waals surface area (Å²) in [4.78, 5) is 21.6. The third-order valence-electron chi connectivity index (χ3n) is 1.86. The summed E-state index contributed by atoms with van der Waals surface area (Å²) in [7, 11) is 0. The van der Waals surface area contributed by atoms with E-state index in [1.54, 1.807) is 12.1 Å². The molecule has 1 aromatic rings. The van der Waals surface area contributed by atoms with Gasteiger partial charge in [0.05, 0.1) is 0 Å². The minimum atomic E-state index is -1.11. The van der Waals surface area contributed by atoms with Crippen LogP contribution in [0.2, 0.25) is 0 Å². The summed E-state index contributed by atoms with van der Waals surface area (Å²) in [6, 6.07) is 5.82. The molecule has 4 nitrogen and oxygen atoms in total. The molecule has 0 amide bonds. The molecular weight excluding hydrogens is 239 g/mol. The molecule has 0 bridgehead atoms. The maximum Gasteiger partial charge on any atom is 0.305 e. The van der Waals surface area contributed by atoms with E-state index in [0.717, 1.165) is 0 Å². The van der Waals surface area contributed by atoms with E-state index in [1.807, 2.05) is 0 Å². The topological polar surface area (TPSA) is 52.6 Å². The van der Waals surface area contributed by atoms with Gasteiger partial charge in [-0.05, 0) is 23.8 Å². The van der Waals surface area contributed by atoms with Crippen LogP contribution in [0.25, 0.3) is 6.08 Å². The van der Waals surface area contributed by atoms with Crippen LogP contribution in [0.4, 0.5) is 4.39 Å². The molecule has 0 unspecified atom stereocenters. The van der Waals surface area contributed by atoms with Gasteiger partial charge in [0.25, 0.3) is 6.29 Å². The fourth-order valence-electron chi connectivity index (χ4n) is 1.23. The lowest BCUT2D eigenvalue weighted by molar-refractivity contribution is -0.176. The van der Waals surface area contributed by atoms with Gasteiger partial charge in [0.2, 0.25) is 0 Å². The molecule has 0 fully saturated rings. The molecular formula is C13H13FO4. The van der Waals surface area contributed by atoms with Crippen molar-refractivity contribution in [1.29, 1.82) is 0 Å². The maximum absolute atomic E-state index is 12.9. The molecule has 0 saturated carbocycles. The van der Waals surface area contributed by atoms with Crippen molar-refractivity contribution in [3.05, 3.63) is 41.7 Å². The van der Waals surface area contributed by atoms with Crippen LogP contribution in [0, 0.1) is 5.82 Å². The smallest absolute Gasteiger partial charge is 0.305 e. The minimum absolute atomic E-state index is 0.381. The molecule has 0 saturated heterocycles. The van der Waals surface area contributed by atoms with E-state index in [1.165, 1.54) is 38.1 Å². The molecule has 1 aromatic carbocycles. The SMILES string of the molecule is CC(=O)OC(/C=C/c1cccc(F)c1)OC(C)=O. The average molecular weight is 252 g/mol. The van der Waals surface area contributed by atoms with Gasteiger partial charge in [-0.1, -0.05) is 18.2 Å². The van der Waals surface area contributed by atoms with Gasteiger partial charge in [-0.2, -0.15) is 0 Å². The fraction of sp³-hybridized carbons (Fsp3) is 0.231. The third-order valence-corrected chi connectivity index (χ3v) is 1.86. The lowest BCUT2D eigenvalue weighted by Gasteiger charge is -2.12. The first-order valence-electron chi connectivity index (χ1n) is 5.25. The number of esters is 2. The van der Waals surface area contributed by atoms with Crippen LogP contribution in [0.15, 0.2) is 30.3 Å². The Bertz CT molecular complexity index is 452. The van der Waals surface area contributed by atoms with Crippen LogP contribution in [-0.2, 0) is 19.1 Å². The number of halogens is 1. The van der Waals surface area contributed by atoms with Crippen molar-refractivity contribution >= 4 is 18.0 Å². The normalized spacial score (nSPS) is 10.7. The Kier molecular flexibility index (Phi) is 5.05. The number of carbonyl (C=O) groups is 2. The zero-order valence-electron chi connectivity index (χ0n) is 10.1. The van der Waals surface area contributed by atoms with Crippen LogP contribution in [0.3, 0.4) is 0 Å². The highest BCUT2D eigenvalue weighted by atomic mass is 19.1. The number of rotatable bonds is 4. The summed E-state index contributed by atoms with van der Waals surface area (Å²) < 4.78 is 22.4. The standard InChI is InChI=1S/C13H13FO4/c1-9(15)17-13(18-10(2)16)7-6-11-4-3-5-12(14)8-11/h3-8,13H,1-2H3/b7-6+. The van der Waals surface area contributed by atoms with Crippen LogP contribution in [0.5, 0.6) is 0 Å². The van der Waals surface area contributed by atoms with E-state index in [0.29, 0.717) is 5.56 Å². The van der Waals surface area contributed by atoms with Gasteiger partial charge in [-0.15, -0.1) is 0 Å². The Morgan fingerprint density at radius 3 is 2.33 bits per heavy atom. The zero-order valence-corrected chi connectivity index (χ0v) is 10.1. The molecule has 0 aliphatic rings. The molecule has 0 aromatic heterocycles. The molecule has 0 aliphatic carbocycles. The van der Waals surface area contributed by atoms with Crippen LogP contribution in [-0.4, -0.2) is 18.2 Å². The predicted molar refractivity (Wildman–Crippen MR) is 62.8 cm³/mol. The zero-order chi connectivity index (χ0) is 13.5. The van der Waals surface area contributed by atoms with E-state index >= 15 is 0 Å². The molecule has 0 radical (unpaired) electrons. The second-order valence-electron chi connectivity index (χ2n) is 3.50. The largest absolute Gasteiger partial charge is 0.421 e. The van der Waals surface area contributed by atoms with Crippen LogP contribution in [0.1, 0.15) is 19.4 Å². The van der Waals surface area contributed by atoms with Crippen molar-refractivity contribution in [2.24, 2.45) is 0 Å². The second-order valence-corrected chi connectivity index (χ2v) is 3.50. The third kappa shape index (κ3) is 5.25. The quantitative estimate of drug-likeness (QED) is 0.609. The summed E-state index contributed by atoms with van der Waals surface area (Å²) in [5.41, 5.74) is 0.569. The van der Waals surface area contributed by atoms with E-state index in [-0.39, 0.29) is 5.82 Å². The van der Waals surface area contributed by atoms with Crippen molar-refractivity contribution in [2.45, 2.75) is 20.1 Å². The molecule has 0 N–H and O–H groups in total. The molecule has 96 valence electrons. The molecule has 0 atom stereocenters. The minimum Gasteiger partial charge on any atom is -0.421 e. The first kappa shape index (κ1) is 13.9. The van der Waals surface area contributed by atoms with Crippen molar-refractivity contribution < 1.29 is 23.5 Å². The van der Waals surface area contributed by atoms with E-state index in [2.05, 4.69) is 0 Å². The van der Waals surface area contributed by atoms with Crippen molar-refractivity contribution in [2.75, 3.05) is 0 Å². The lowest BCUT2D eigenvalue weighted by Crippen LogP contribution is -2.19. The molecule has 5 heteroatoms. The van der Waals surface area contributed by atoms with Crippen LogP contribution >= 0.6 is 0 Å². The number of hydrogen-bond donors (Lipinski definition) is 0. The van der Waals surface area contributed by atoms with Crippen molar-refractivity contribution in [3.8, 4) is 0 Å². The van der Waals surface area contributed by atoms with Gasteiger partial charge >= 0.3 is 11.9 Å². The van der Waals surface area contributed by atoms with Gasteiger partial charge in [0.15, 0.2) is 0 Å². The summed E-state index contributed by atoms with van der Waals surface area (Å²) in [6.07, 6.45) is 1.75. The summed E-state index contributed by atoms with van der Waals surface area (Å²) in [5, 5.41) is 0. The number of ether oxygens (including phenoxy) is 2. The number of benzene rings is 1. The maximum atomic E-state index is 12.9. The monoisotopic (exact) mass is 252 g/mol. The number of carbonyl (C=O) groups excluding carboxylic acids is 2. The Balaban J connectivity index is 2.75. The van der Waals surface area contributed by atoms with E-state index in [9.17, 15) is 14.0 Å². The van der Waals surface area contributed by atoms with Crippen molar-refractivity contribution in [1.82, 2.24) is 0 Å². The molecule has 18 heavy (non-hydrogen) atoms. The van der Waals surface area contributed by atoms with Gasteiger partial charge in [0.1, 0.15) is 5.82 Å². The number of hydrogen-bond acceptors (Lipinski definition) is 4. The highest BCUT2D eigenvalue weighted by molar-refractivity contribution is 5.68. The van der Waals surface area contributed by atoms with E-state index < -0.39 is 18.2 Å². The molecule has 0 aliphatic heterocycles. The summed E-state index contributed by atoms with van der Waals surface area (Å²) in [5.74, 6) is -1.54. The fourth-order valence-corrected chi connectivity index (χ4v) is 1.23. The van der Waals surface area contributed by atoms with Gasteiger partial charge in [-0.25, -0.2) is 4.39 Å². The highest BCUT2D eigenvalue weighted by Crippen LogP contribution is 2.08. The first-order valence-corrected chi connectivity index (χ1v) is 5.25. The highest BCUT2D eigenvalue weighted by Gasteiger charge is 2.10. The van der Waals surface area contributed by atoms with Crippen LogP contribution < -0.4 is 0 Å². The summed E-state index contributed by atoms with van der Waals surface area (Å²) in [6.45, 7) is 2.40. The lowest BCUT2D eigenvalue weighted by atomic mass is 10.2. The van der Waals surface area contributed by atoms with Gasteiger partial charge in [-0.3, -0.25) is 9.59 Å². The predicted octanol–water partition coefficient (Wildman–Crippen LogP) is 2.29. The Labute approximate surface area is 104 Å². The molecule has 0 heterocycles.